The highest BCUT2D eigenvalue weighted by Crippen LogP contribution is 2.40. The summed E-state index contributed by atoms with van der Waals surface area (Å²) in [5, 5.41) is 0. The van der Waals surface area contributed by atoms with E-state index >= 15 is 0 Å². The molecule has 2 unspecified atom stereocenters. The van der Waals surface area contributed by atoms with Gasteiger partial charge in [-0.1, -0.05) is 24.3 Å². The lowest BCUT2D eigenvalue weighted by atomic mass is 9.67. The van der Waals surface area contributed by atoms with E-state index in [1.165, 1.54) is 30.4 Å². The predicted octanol–water partition coefficient (Wildman–Crippen LogP) is 2.64. The van der Waals surface area contributed by atoms with Crippen LogP contribution in [0, 0.1) is 0 Å². The zero-order valence-electron chi connectivity index (χ0n) is 10.9. The summed E-state index contributed by atoms with van der Waals surface area (Å²) >= 11 is 0. The quantitative estimate of drug-likeness (QED) is 0.867. The molecule has 1 aromatic rings. The molecular formula is C15H23NO. The first-order chi connectivity index (χ1) is 8.22. The SMILES string of the molecule is COC(C)CC1(CN)CCCc2ccccc21. The molecule has 1 aliphatic carbocycles. The van der Waals surface area contributed by atoms with Crippen LogP contribution >= 0.6 is 0 Å². The molecule has 0 bridgehead atoms. The van der Waals surface area contributed by atoms with Crippen molar-refractivity contribution in [2.75, 3.05) is 13.7 Å². The van der Waals surface area contributed by atoms with Crippen LogP contribution in [0.25, 0.3) is 0 Å². The van der Waals surface area contributed by atoms with Gasteiger partial charge >= 0.3 is 0 Å². The van der Waals surface area contributed by atoms with E-state index in [-0.39, 0.29) is 11.5 Å². The van der Waals surface area contributed by atoms with Gasteiger partial charge in [0, 0.05) is 19.1 Å². The molecule has 0 saturated heterocycles. The second kappa shape index (κ2) is 5.19. The standard InChI is InChI=1S/C15H23NO/c1-12(17-2)10-15(11-16)9-5-7-13-6-3-4-8-14(13)15/h3-4,6,8,12H,5,7,9-11,16H2,1-2H3. The van der Waals surface area contributed by atoms with Crippen molar-refractivity contribution in [1.82, 2.24) is 0 Å². The van der Waals surface area contributed by atoms with Crippen LogP contribution in [-0.2, 0) is 16.6 Å². The van der Waals surface area contributed by atoms with Gasteiger partial charge in [-0.25, -0.2) is 0 Å². The van der Waals surface area contributed by atoms with Crippen LogP contribution in [0.4, 0.5) is 0 Å². The summed E-state index contributed by atoms with van der Waals surface area (Å²) in [6, 6.07) is 8.76. The van der Waals surface area contributed by atoms with Crippen molar-refractivity contribution in [2.24, 2.45) is 5.73 Å². The lowest BCUT2D eigenvalue weighted by Crippen LogP contribution is -2.41. The van der Waals surface area contributed by atoms with Crippen molar-refractivity contribution in [3.05, 3.63) is 35.4 Å². The smallest absolute Gasteiger partial charge is 0.0552 e. The first kappa shape index (κ1) is 12.6. The highest BCUT2D eigenvalue weighted by Gasteiger charge is 2.36. The molecule has 2 heteroatoms. The maximum Gasteiger partial charge on any atom is 0.0552 e. The average Bonchev–Trinajstić information content (AvgIpc) is 2.39. The first-order valence-electron chi connectivity index (χ1n) is 6.53. The molecule has 0 aromatic heterocycles. The zero-order chi connectivity index (χ0) is 12.3. The summed E-state index contributed by atoms with van der Waals surface area (Å²) in [7, 11) is 1.78. The molecule has 2 nitrogen and oxygen atoms in total. The molecule has 2 atom stereocenters. The van der Waals surface area contributed by atoms with Gasteiger partial charge in [-0.3, -0.25) is 0 Å². The van der Waals surface area contributed by atoms with E-state index in [1.54, 1.807) is 7.11 Å². The number of fused-ring (bicyclic) bond motifs is 1. The fourth-order valence-corrected chi connectivity index (χ4v) is 3.15. The number of nitrogens with two attached hydrogens (primary N) is 1. The van der Waals surface area contributed by atoms with Gasteiger partial charge in [0.25, 0.3) is 0 Å². The van der Waals surface area contributed by atoms with Crippen LogP contribution in [0.3, 0.4) is 0 Å². The van der Waals surface area contributed by atoms with Crippen LogP contribution < -0.4 is 5.73 Å². The Bertz CT molecular complexity index is 377. The number of hydrogen-bond donors (Lipinski definition) is 1. The maximum atomic E-state index is 6.10. The van der Waals surface area contributed by atoms with Gasteiger partial charge in [-0.15, -0.1) is 0 Å². The fourth-order valence-electron chi connectivity index (χ4n) is 3.15. The van der Waals surface area contributed by atoms with Crippen LogP contribution in [-0.4, -0.2) is 19.8 Å². The van der Waals surface area contributed by atoms with Crippen molar-refractivity contribution in [3.63, 3.8) is 0 Å². The Morgan fingerprint density at radius 2 is 2.18 bits per heavy atom. The Hall–Kier alpha value is -0.860. The van der Waals surface area contributed by atoms with Crippen molar-refractivity contribution < 1.29 is 4.74 Å². The second-order valence-electron chi connectivity index (χ2n) is 5.25. The average molecular weight is 233 g/mol. The second-order valence-corrected chi connectivity index (χ2v) is 5.25. The predicted molar refractivity (Wildman–Crippen MR) is 71.2 cm³/mol. The highest BCUT2D eigenvalue weighted by atomic mass is 16.5. The summed E-state index contributed by atoms with van der Waals surface area (Å²) in [4.78, 5) is 0. The summed E-state index contributed by atoms with van der Waals surface area (Å²) < 4.78 is 5.44. The van der Waals surface area contributed by atoms with Gasteiger partial charge in [0.15, 0.2) is 0 Å². The first-order valence-corrected chi connectivity index (χ1v) is 6.53. The molecule has 2 N–H and O–H groups in total. The van der Waals surface area contributed by atoms with Gasteiger partial charge in [0.2, 0.25) is 0 Å². The Kier molecular flexibility index (Phi) is 3.85. The van der Waals surface area contributed by atoms with E-state index in [2.05, 4.69) is 31.2 Å². The number of aryl methyl sites for hydroxylation is 1. The Morgan fingerprint density at radius 3 is 2.88 bits per heavy atom. The Labute approximate surface area is 104 Å². The van der Waals surface area contributed by atoms with Crippen molar-refractivity contribution >= 4 is 0 Å². The zero-order valence-corrected chi connectivity index (χ0v) is 10.9. The van der Waals surface area contributed by atoms with Crippen LogP contribution in [0.2, 0.25) is 0 Å². The topological polar surface area (TPSA) is 35.2 Å². The van der Waals surface area contributed by atoms with Gasteiger partial charge in [0.1, 0.15) is 0 Å². The third-order valence-electron chi connectivity index (χ3n) is 4.16. The summed E-state index contributed by atoms with van der Waals surface area (Å²) in [5.41, 5.74) is 9.17. The minimum absolute atomic E-state index is 0.129. The summed E-state index contributed by atoms with van der Waals surface area (Å²) in [6.07, 6.45) is 4.92. The van der Waals surface area contributed by atoms with E-state index in [0.717, 1.165) is 13.0 Å². The van der Waals surface area contributed by atoms with Crippen LogP contribution in [0.15, 0.2) is 24.3 Å². The van der Waals surface area contributed by atoms with Crippen molar-refractivity contribution in [2.45, 2.75) is 44.1 Å². The maximum absolute atomic E-state index is 6.10. The molecule has 0 heterocycles. The van der Waals surface area contributed by atoms with E-state index in [9.17, 15) is 0 Å². The van der Waals surface area contributed by atoms with E-state index in [0.29, 0.717) is 0 Å². The van der Waals surface area contributed by atoms with Gasteiger partial charge in [-0.2, -0.15) is 0 Å². The number of methoxy groups -OCH3 is 1. The largest absolute Gasteiger partial charge is 0.382 e. The molecule has 17 heavy (non-hydrogen) atoms. The number of benzene rings is 1. The molecule has 0 aliphatic heterocycles. The molecule has 0 amide bonds. The third kappa shape index (κ3) is 2.38. The molecule has 0 radical (unpaired) electrons. The van der Waals surface area contributed by atoms with Gasteiger partial charge < -0.3 is 10.5 Å². The molecule has 2 rings (SSSR count). The third-order valence-corrected chi connectivity index (χ3v) is 4.16. The van der Waals surface area contributed by atoms with Crippen molar-refractivity contribution in [1.29, 1.82) is 0 Å². The summed E-state index contributed by atoms with van der Waals surface area (Å²) in [5.74, 6) is 0. The van der Waals surface area contributed by atoms with Crippen LogP contribution in [0.5, 0.6) is 0 Å². The molecular weight excluding hydrogens is 210 g/mol. The monoisotopic (exact) mass is 233 g/mol. The number of rotatable bonds is 4. The molecule has 0 saturated carbocycles. The lowest BCUT2D eigenvalue weighted by molar-refractivity contribution is 0.0835. The van der Waals surface area contributed by atoms with E-state index in [4.69, 9.17) is 10.5 Å². The molecule has 0 spiro atoms. The number of hydrogen-bond acceptors (Lipinski definition) is 2. The fraction of sp³-hybridized carbons (Fsp3) is 0.600. The minimum Gasteiger partial charge on any atom is -0.382 e. The van der Waals surface area contributed by atoms with E-state index in [1.807, 2.05) is 0 Å². The normalized spacial score (nSPS) is 25.4. The Morgan fingerprint density at radius 1 is 1.41 bits per heavy atom. The summed E-state index contributed by atoms with van der Waals surface area (Å²) in [6.45, 7) is 2.85. The van der Waals surface area contributed by atoms with Crippen molar-refractivity contribution in [3.8, 4) is 0 Å². The molecule has 1 aliphatic rings. The lowest BCUT2D eigenvalue weighted by Gasteiger charge is -2.40. The number of ether oxygens (including phenoxy) is 1. The Balaban J connectivity index is 2.35. The van der Waals surface area contributed by atoms with Gasteiger partial charge in [-0.05, 0) is 43.7 Å². The highest BCUT2D eigenvalue weighted by molar-refractivity contribution is 5.37. The van der Waals surface area contributed by atoms with E-state index < -0.39 is 0 Å². The molecule has 94 valence electrons. The molecule has 0 fully saturated rings. The molecule has 1 aromatic carbocycles. The van der Waals surface area contributed by atoms with Gasteiger partial charge in [0.05, 0.1) is 6.10 Å². The minimum atomic E-state index is 0.129. The van der Waals surface area contributed by atoms with Crippen LogP contribution in [0.1, 0.15) is 37.3 Å².